The maximum Gasteiger partial charge on any atom is 0.261 e. The van der Waals surface area contributed by atoms with Crippen molar-refractivity contribution in [3.63, 3.8) is 0 Å². The minimum Gasteiger partial charge on any atom is -0.497 e. The standard InChI is InChI=1S/C26H26N4O3/c1-15-7-10-18(13-16(15)2)28-26(32)20-14-27-30-24(17-8-11-19(33-3)12-9-17)23-21(29-25(20)30)5-4-6-22(23)31/h7-14,24,29H,4-6H2,1-3H3,(H,28,32)/t24-/m0/s1. The number of nitrogens with one attached hydrogen (secondary N) is 2. The van der Waals surface area contributed by atoms with E-state index in [4.69, 9.17) is 4.74 Å². The summed E-state index contributed by atoms with van der Waals surface area (Å²) in [7, 11) is 1.62. The number of Topliss-reactive ketones (excluding diaryl/α,β-unsaturated/α-hetero) is 1. The number of hydrogen-bond donors (Lipinski definition) is 2. The number of carbonyl (C=O) groups excluding carboxylic acids is 2. The van der Waals surface area contributed by atoms with Gasteiger partial charge in [-0.05, 0) is 67.6 Å². The van der Waals surface area contributed by atoms with E-state index < -0.39 is 6.04 Å². The predicted molar refractivity (Wildman–Crippen MR) is 127 cm³/mol. The van der Waals surface area contributed by atoms with E-state index >= 15 is 0 Å². The van der Waals surface area contributed by atoms with E-state index in [0.717, 1.165) is 46.7 Å². The molecule has 2 aliphatic rings. The highest BCUT2D eigenvalue weighted by Crippen LogP contribution is 2.41. The third-order valence-electron chi connectivity index (χ3n) is 6.48. The van der Waals surface area contributed by atoms with Crippen molar-refractivity contribution in [1.82, 2.24) is 9.78 Å². The average molecular weight is 443 g/mol. The van der Waals surface area contributed by atoms with Gasteiger partial charge in [-0.3, -0.25) is 9.59 Å². The first-order chi connectivity index (χ1) is 16.0. The van der Waals surface area contributed by atoms with Gasteiger partial charge < -0.3 is 15.4 Å². The number of aromatic nitrogens is 2. The minimum atomic E-state index is -0.391. The normalized spacial score (nSPS) is 17.2. The topological polar surface area (TPSA) is 85.2 Å². The Morgan fingerprint density at radius 3 is 2.64 bits per heavy atom. The quantitative estimate of drug-likeness (QED) is 0.607. The Morgan fingerprint density at radius 2 is 1.91 bits per heavy atom. The van der Waals surface area contributed by atoms with Crippen molar-refractivity contribution in [2.75, 3.05) is 17.7 Å². The number of ether oxygens (including phenoxy) is 1. The molecule has 0 fully saturated rings. The van der Waals surface area contributed by atoms with Crippen LogP contribution in [0.3, 0.4) is 0 Å². The highest BCUT2D eigenvalue weighted by Gasteiger charge is 2.37. The molecule has 7 nitrogen and oxygen atoms in total. The van der Waals surface area contributed by atoms with E-state index in [1.54, 1.807) is 18.0 Å². The number of rotatable bonds is 4. The van der Waals surface area contributed by atoms with E-state index in [-0.39, 0.29) is 11.7 Å². The monoisotopic (exact) mass is 442 g/mol. The zero-order valence-corrected chi connectivity index (χ0v) is 18.9. The van der Waals surface area contributed by atoms with Crippen LogP contribution in [0.1, 0.15) is 52.4 Å². The number of benzene rings is 2. The Morgan fingerprint density at radius 1 is 1.12 bits per heavy atom. The van der Waals surface area contributed by atoms with Gasteiger partial charge in [0.15, 0.2) is 5.78 Å². The summed E-state index contributed by atoms with van der Waals surface area (Å²) in [6.07, 6.45) is 3.64. The molecule has 2 aromatic carbocycles. The van der Waals surface area contributed by atoms with Crippen LogP contribution in [0.5, 0.6) is 5.75 Å². The second-order valence-corrected chi connectivity index (χ2v) is 8.57. The third-order valence-corrected chi connectivity index (χ3v) is 6.48. The minimum absolute atomic E-state index is 0.117. The molecule has 7 heteroatoms. The van der Waals surface area contributed by atoms with Gasteiger partial charge >= 0.3 is 0 Å². The summed E-state index contributed by atoms with van der Waals surface area (Å²) in [5.41, 5.74) is 5.97. The molecule has 0 unspecified atom stereocenters. The van der Waals surface area contributed by atoms with Gasteiger partial charge in [0.05, 0.1) is 13.3 Å². The smallest absolute Gasteiger partial charge is 0.261 e. The molecule has 1 aromatic heterocycles. The van der Waals surface area contributed by atoms with Gasteiger partial charge in [-0.2, -0.15) is 5.10 Å². The molecule has 1 amide bonds. The second kappa shape index (κ2) is 8.24. The lowest BCUT2D eigenvalue weighted by Gasteiger charge is -2.33. The number of amides is 1. The molecule has 0 radical (unpaired) electrons. The van der Waals surface area contributed by atoms with Crippen LogP contribution in [0.4, 0.5) is 11.5 Å². The van der Waals surface area contributed by atoms with Crippen molar-refractivity contribution in [2.24, 2.45) is 0 Å². The molecule has 3 aromatic rings. The Bertz CT molecular complexity index is 1290. The first kappa shape index (κ1) is 21.0. The summed E-state index contributed by atoms with van der Waals surface area (Å²) >= 11 is 0. The molecule has 1 aliphatic carbocycles. The Balaban J connectivity index is 1.55. The van der Waals surface area contributed by atoms with Gasteiger partial charge in [0, 0.05) is 23.4 Å². The van der Waals surface area contributed by atoms with Gasteiger partial charge in [-0.1, -0.05) is 18.2 Å². The largest absolute Gasteiger partial charge is 0.497 e. The van der Waals surface area contributed by atoms with Crippen molar-refractivity contribution in [3.05, 3.63) is 82.2 Å². The van der Waals surface area contributed by atoms with E-state index in [0.29, 0.717) is 17.8 Å². The maximum atomic E-state index is 13.2. The molecule has 5 rings (SSSR count). The van der Waals surface area contributed by atoms with E-state index in [1.165, 1.54) is 5.56 Å². The van der Waals surface area contributed by atoms with Crippen LogP contribution in [0.2, 0.25) is 0 Å². The molecule has 0 bridgehead atoms. The van der Waals surface area contributed by atoms with Crippen LogP contribution in [-0.2, 0) is 4.79 Å². The molecule has 33 heavy (non-hydrogen) atoms. The number of fused-ring (bicyclic) bond motifs is 1. The number of aryl methyl sites for hydroxylation is 2. The summed E-state index contributed by atoms with van der Waals surface area (Å²) in [6.45, 7) is 4.05. The number of nitrogens with zero attached hydrogens (tertiary/aromatic N) is 2. The molecule has 0 saturated carbocycles. The second-order valence-electron chi connectivity index (χ2n) is 8.57. The predicted octanol–water partition coefficient (Wildman–Crippen LogP) is 4.78. The molecular weight excluding hydrogens is 416 g/mol. The zero-order chi connectivity index (χ0) is 23.1. The molecule has 2 heterocycles. The molecule has 1 aliphatic heterocycles. The van der Waals surface area contributed by atoms with E-state index in [1.807, 2.05) is 56.3 Å². The molecule has 0 saturated heterocycles. The van der Waals surface area contributed by atoms with Crippen molar-refractivity contribution >= 4 is 23.2 Å². The molecule has 1 atom stereocenters. The van der Waals surface area contributed by atoms with Crippen LogP contribution in [0, 0.1) is 13.8 Å². The summed E-state index contributed by atoms with van der Waals surface area (Å²) in [5.74, 6) is 1.22. The van der Waals surface area contributed by atoms with Crippen LogP contribution < -0.4 is 15.4 Å². The van der Waals surface area contributed by atoms with Crippen LogP contribution in [0.15, 0.2) is 59.9 Å². The Kier molecular flexibility index (Phi) is 5.24. The first-order valence-electron chi connectivity index (χ1n) is 11.1. The van der Waals surface area contributed by atoms with Crippen molar-refractivity contribution in [1.29, 1.82) is 0 Å². The summed E-state index contributed by atoms with van der Waals surface area (Å²) in [4.78, 5) is 26.1. The van der Waals surface area contributed by atoms with Crippen molar-refractivity contribution in [3.8, 4) is 5.75 Å². The highest BCUT2D eigenvalue weighted by molar-refractivity contribution is 6.08. The maximum absolute atomic E-state index is 13.2. The van der Waals surface area contributed by atoms with Crippen molar-refractivity contribution < 1.29 is 14.3 Å². The van der Waals surface area contributed by atoms with Gasteiger partial charge in [0.1, 0.15) is 23.2 Å². The third kappa shape index (κ3) is 3.69. The molecule has 168 valence electrons. The number of allylic oxidation sites excluding steroid dienone is 2. The average Bonchev–Trinajstić information content (AvgIpc) is 3.24. The summed E-state index contributed by atoms with van der Waals surface area (Å²) in [5, 5.41) is 10.9. The fourth-order valence-corrected chi connectivity index (χ4v) is 4.54. The van der Waals surface area contributed by atoms with Crippen molar-refractivity contribution in [2.45, 2.75) is 39.2 Å². The SMILES string of the molecule is COc1ccc([C@H]2C3=C(CCCC3=O)Nc3c(C(=O)Nc4ccc(C)c(C)c4)cnn32)cc1. The van der Waals surface area contributed by atoms with E-state index in [2.05, 4.69) is 15.7 Å². The number of carbonyl (C=O) groups is 2. The van der Waals surface area contributed by atoms with Crippen LogP contribution >= 0.6 is 0 Å². The van der Waals surface area contributed by atoms with Gasteiger partial charge in [-0.15, -0.1) is 0 Å². The fourth-order valence-electron chi connectivity index (χ4n) is 4.54. The van der Waals surface area contributed by atoms with Crippen LogP contribution in [-0.4, -0.2) is 28.6 Å². The van der Waals surface area contributed by atoms with E-state index in [9.17, 15) is 9.59 Å². The number of methoxy groups -OCH3 is 1. The summed E-state index contributed by atoms with van der Waals surface area (Å²) < 4.78 is 7.04. The number of anilines is 2. The van der Waals surface area contributed by atoms with Gasteiger partial charge in [-0.25, -0.2) is 4.68 Å². The lowest BCUT2D eigenvalue weighted by Crippen LogP contribution is -2.32. The summed E-state index contributed by atoms with van der Waals surface area (Å²) in [6, 6.07) is 13.1. The van der Waals surface area contributed by atoms with Gasteiger partial charge in [0.25, 0.3) is 5.91 Å². The van der Waals surface area contributed by atoms with Gasteiger partial charge in [0.2, 0.25) is 0 Å². The molecule has 0 spiro atoms. The lowest BCUT2D eigenvalue weighted by atomic mass is 9.85. The molecular formula is C26H26N4O3. The lowest BCUT2D eigenvalue weighted by molar-refractivity contribution is -0.116. The Labute approximate surface area is 192 Å². The fraction of sp³-hybridized carbons (Fsp3) is 0.269. The molecule has 2 N–H and O–H groups in total. The first-order valence-corrected chi connectivity index (χ1v) is 11.1. The zero-order valence-electron chi connectivity index (χ0n) is 18.9. The number of ketones is 1. The highest BCUT2D eigenvalue weighted by atomic mass is 16.5. The van der Waals surface area contributed by atoms with Crippen LogP contribution in [0.25, 0.3) is 0 Å². The number of hydrogen-bond acceptors (Lipinski definition) is 5. The Hall–Kier alpha value is -3.87.